The van der Waals surface area contributed by atoms with Crippen LogP contribution in [0.3, 0.4) is 0 Å². The van der Waals surface area contributed by atoms with E-state index in [1.807, 2.05) is 0 Å². The number of rotatable bonds is 2. The summed E-state index contributed by atoms with van der Waals surface area (Å²) in [7, 11) is 0. The smallest absolute Gasteiger partial charge is 0.00201 e. The predicted molar refractivity (Wildman–Crippen MR) is 236 cm³/mol. The summed E-state index contributed by atoms with van der Waals surface area (Å²) in [4.78, 5) is 0. The molecule has 254 valence electrons. The van der Waals surface area contributed by atoms with E-state index in [4.69, 9.17) is 0 Å². The lowest BCUT2D eigenvalue weighted by atomic mass is 9.83. The van der Waals surface area contributed by atoms with Crippen molar-refractivity contribution in [3.63, 3.8) is 0 Å². The van der Waals surface area contributed by atoms with Crippen molar-refractivity contribution in [1.29, 1.82) is 0 Å². The van der Waals surface area contributed by atoms with E-state index < -0.39 is 0 Å². The summed E-state index contributed by atoms with van der Waals surface area (Å²) in [6.45, 7) is 8.89. The van der Waals surface area contributed by atoms with Gasteiger partial charge in [0.05, 0.1) is 0 Å². The molecule has 0 aliphatic carbocycles. The minimum Gasteiger partial charge on any atom is -0.0616 e. The average Bonchev–Trinajstić information content (AvgIpc) is 3.21. The Balaban J connectivity index is 1.21. The zero-order valence-corrected chi connectivity index (χ0v) is 31.0. The summed E-state index contributed by atoms with van der Waals surface area (Å²) < 4.78 is 0. The Morgan fingerprint density at radius 3 is 0.926 bits per heavy atom. The molecule has 0 bridgehead atoms. The monoisotopic (exact) mass is 686 g/mol. The van der Waals surface area contributed by atoms with Crippen LogP contribution < -0.4 is 0 Å². The van der Waals surface area contributed by atoms with Crippen LogP contribution in [0.1, 0.15) is 22.3 Å². The zero-order valence-electron chi connectivity index (χ0n) is 31.0. The van der Waals surface area contributed by atoms with Crippen LogP contribution in [-0.4, -0.2) is 0 Å². The van der Waals surface area contributed by atoms with Gasteiger partial charge in [-0.25, -0.2) is 0 Å². The van der Waals surface area contributed by atoms with Crippen LogP contribution in [0.25, 0.3) is 108 Å². The fourth-order valence-corrected chi connectivity index (χ4v) is 9.59. The molecule has 0 radical (unpaired) electrons. The Bertz CT molecular complexity index is 3130. The van der Waals surface area contributed by atoms with Crippen LogP contribution in [0.15, 0.2) is 158 Å². The maximum absolute atomic E-state index is 2.42. The van der Waals surface area contributed by atoms with Gasteiger partial charge in [-0.3, -0.25) is 0 Å². The van der Waals surface area contributed by atoms with Crippen molar-refractivity contribution >= 4 is 86.2 Å². The topological polar surface area (TPSA) is 0 Å². The highest BCUT2D eigenvalue weighted by Crippen LogP contribution is 2.48. The number of benzene rings is 11. The molecule has 0 aromatic heterocycles. The highest BCUT2D eigenvalue weighted by molar-refractivity contribution is 6.27. The molecule has 0 saturated heterocycles. The lowest BCUT2D eigenvalue weighted by Crippen LogP contribution is -1.93. The minimum absolute atomic E-state index is 1.27. The molecule has 0 N–H and O–H groups in total. The van der Waals surface area contributed by atoms with Gasteiger partial charge in [0.15, 0.2) is 0 Å². The molecule has 11 rings (SSSR count). The van der Waals surface area contributed by atoms with E-state index >= 15 is 0 Å². The summed E-state index contributed by atoms with van der Waals surface area (Å²) in [5.74, 6) is 0. The van der Waals surface area contributed by atoms with Crippen molar-refractivity contribution in [1.82, 2.24) is 0 Å². The van der Waals surface area contributed by atoms with Gasteiger partial charge in [-0.05, 0) is 183 Å². The molecule has 11 aromatic carbocycles. The lowest BCUT2D eigenvalue weighted by molar-refractivity contribution is 1.47. The molecule has 0 fully saturated rings. The van der Waals surface area contributed by atoms with Crippen LogP contribution in [0, 0.1) is 27.7 Å². The number of fused-ring (bicyclic) bond motifs is 10. The normalized spacial score (nSPS) is 12.1. The van der Waals surface area contributed by atoms with Gasteiger partial charge in [0.1, 0.15) is 0 Å². The first-order chi connectivity index (χ1) is 26.4. The Kier molecular flexibility index (Phi) is 6.61. The van der Waals surface area contributed by atoms with Crippen LogP contribution in [-0.2, 0) is 0 Å². The quantitative estimate of drug-likeness (QED) is 0.125. The van der Waals surface area contributed by atoms with Gasteiger partial charge in [-0.2, -0.15) is 0 Å². The van der Waals surface area contributed by atoms with Crippen LogP contribution in [0.5, 0.6) is 0 Å². The van der Waals surface area contributed by atoms with Gasteiger partial charge in [-0.15, -0.1) is 0 Å². The van der Waals surface area contributed by atoms with Crippen LogP contribution in [0.2, 0.25) is 0 Å². The van der Waals surface area contributed by atoms with Gasteiger partial charge in [-0.1, -0.05) is 133 Å². The average molecular weight is 687 g/mol. The Morgan fingerprint density at radius 1 is 0.222 bits per heavy atom. The maximum Gasteiger partial charge on any atom is -0.00201 e. The van der Waals surface area contributed by atoms with Gasteiger partial charge in [0, 0.05) is 0 Å². The standard InChI is InChI=1S/C54H38/c1-31-19-21-33(3)49-29-51-35(27-47(31)49)23-25-39-37(51)15-9-17-41(39)53-43-11-5-7-13-45(43)54(46-14-8-6-12-44(46)53)42-18-10-16-38-40(42)26-24-36-28-48-32(2)20-22-34(4)50(48)30-52(36)38/h5-30H,1-4H3. The Labute approximate surface area is 314 Å². The molecular formula is C54H38. The highest BCUT2D eigenvalue weighted by Gasteiger charge is 2.20. The molecule has 11 aromatic rings. The summed E-state index contributed by atoms with van der Waals surface area (Å²) in [6, 6.07) is 59.9. The van der Waals surface area contributed by atoms with E-state index in [1.165, 1.54) is 131 Å². The summed E-state index contributed by atoms with van der Waals surface area (Å²) in [5, 5.41) is 20.8. The van der Waals surface area contributed by atoms with Crippen LogP contribution in [0.4, 0.5) is 0 Å². The van der Waals surface area contributed by atoms with Gasteiger partial charge in [0.2, 0.25) is 0 Å². The second kappa shape index (κ2) is 11.5. The molecule has 0 heteroatoms. The van der Waals surface area contributed by atoms with Crippen molar-refractivity contribution < 1.29 is 0 Å². The molecule has 0 amide bonds. The van der Waals surface area contributed by atoms with Crippen molar-refractivity contribution in [3.05, 3.63) is 180 Å². The fraction of sp³-hybridized carbons (Fsp3) is 0.0741. The summed E-state index contributed by atoms with van der Waals surface area (Å²) in [5.41, 5.74) is 10.4. The van der Waals surface area contributed by atoms with E-state index in [-0.39, 0.29) is 0 Å². The summed E-state index contributed by atoms with van der Waals surface area (Å²) >= 11 is 0. The van der Waals surface area contributed by atoms with Gasteiger partial charge in [0.25, 0.3) is 0 Å². The molecule has 0 saturated carbocycles. The maximum atomic E-state index is 2.42. The van der Waals surface area contributed by atoms with E-state index in [1.54, 1.807) is 0 Å². The first-order valence-electron chi connectivity index (χ1n) is 19.1. The second-order valence-electron chi connectivity index (χ2n) is 15.4. The highest BCUT2D eigenvalue weighted by atomic mass is 14.2. The number of hydrogen-bond acceptors (Lipinski definition) is 0. The second-order valence-corrected chi connectivity index (χ2v) is 15.4. The Hall–Kier alpha value is -6.50. The SMILES string of the molecule is Cc1ccc(C)c2cc3c(ccc4c(-c5c6ccccc6c(-c6cccc7c6ccc6cc8c(C)ccc(C)c8cc67)c6ccccc56)cccc43)cc12. The molecule has 0 aliphatic heterocycles. The molecule has 0 unspecified atom stereocenters. The Morgan fingerprint density at radius 2 is 0.556 bits per heavy atom. The third-order valence-corrected chi connectivity index (χ3v) is 12.4. The summed E-state index contributed by atoms with van der Waals surface area (Å²) in [6.07, 6.45) is 0. The molecule has 0 aliphatic rings. The molecule has 0 spiro atoms. The predicted octanol–water partition coefficient (Wildman–Crippen LogP) is 15.5. The van der Waals surface area contributed by atoms with Crippen molar-refractivity contribution in [2.45, 2.75) is 27.7 Å². The molecule has 0 atom stereocenters. The van der Waals surface area contributed by atoms with E-state index in [9.17, 15) is 0 Å². The minimum atomic E-state index is 1.27. The van der Waals surface area contributed by atoms with Crippen LogP contribution >= 0.6 is 0 Å². The first-order valence-corrected chi connectivity index (χ1v) is 19.1. The van der Waals surface area contributed by atoms with Gasteiger partial charge < -0.3 is 0 Å². The fourth-order valence-electron chi connectivity index (χ4n) is 9.59. The number of aryl methyl sites for hydroxylation is 4. The van der Waals surface area contributed by atoms with E-state index in [0.717, 1.165) is 0 Å². The third-order valence-electron chi connectivity index (χ3n) is 12.4. The zero-order chi connectivity index (χ0) is 36.2. The molecular weight excluding hydrogens is 649 g/mol. The van der Waals surface area contributed by atoms with Crippen molar-refractivity contribution in [2.24, 2.45) is 0 Å². The molecule has 0 nitrogen and oxygen atoms in total. The van der Waals surface area contributed by atoms with E-state index in [2.05, 4.69) is 185 Å². The third kappa shape index (κ3) is 4.38. The van der Waals surface area contributed by atoms with E-state index in [0.29, 0.717) is 0 Å². The molecule has 54 heavy (non-hydrogen) atoms. The molecule has 0 heterocycles. The lowest BCUT2D eigenvalue weighted by Gasteiger charge is -2.20. The largest absolute Gasteiger partial charge is 0.0616 e. The van der Waals surface area contributed by atoms with Crippen molar-refractivity contribution in [3.8, 4) is 22.3 Å². The van der Waals surface area contributed by atoms with Gasteiger partial charge >= 0.3 is 0 Å². The van der Waals surface area contributed by atoms with Crippen molar-refractivity contribution in [2.75, 3.05) is 0 Å². The first kappa shape index (κ1) is 31.1. The number of hydrogen-bond donors (Lipinski definition) is 0.